The molecule has 0 aliphatic heterocycles. The predicted molar refractivity (Wildman–Crippen MR) is 172 cm³/mol. The van der Waals surface area contributed by atoms with Crippen LogP contribution in [0.5, 0.6) is 0 Å². The van der Waals surface area contributed by atoms with Crippen LogP contribution in [0.25, 0.3) is 54.7 Å². The predicted octanol–water partition coefficient (Wildman–Crippen LogP) is 9.91. The van der Waals surface area contributed by atoms with Crippen molar-refractivity contribution in [3.8, 4) is 22.4 Å². The van der Waals surface area contributed by atoms with Gasteiger partial charge in [-0.1, -0.05) is 92.7 Å². The number of carbonyl (C=O) groups is 1. The molecule has 0 aliphatic rings. The van der Waals surface area contributed by atoms with Gasteiger partial charge in [0.25, 0.3) is 0 Å². The molecule has 0 atom stereocenters. The summed E-state index contributed by atoms with van der Waals surface area (Å²) in [5, 5.41) is 15.9. The smallest absolute Gasteiger partial charge is 0.155 e. The van der Waals surface area contributed by atoms with Crippen molar-refractivity contribution in [3.05, 3.63) is 127 Å². The van der Waals surface area contributed by atoms with Crippen LogP contribution in [-0.4, -0.2) is 15.9 Å². The fourth-order valence-electron chi connectivity index (χ4n) is 5.37. The number of aliphatic hydroxyl groups is 1. The van der Waals surface area contributed by atoms with Gasteiger partial charge in [-0.3, -0.25) is 4.79 Å². The third-order valence-corrected chi connectivity index (χ3v) is 7.00. The Kier molecular flexibility index (Phi) is 10.1. The van der Waals surface area contributed by atoms with Gasteiger partial charge in [0.15, 0.2) is 5.78 Å². The van der Waals surface area contributed by atoms with E-state index >= 15 is 0 Å². The van der Waals surface area contributed by atoms with E-state index in [4.69, 9.17) is 10.1 Å². The molecule has 0 unspecified atom stereocenters. The standard InChI is InChI=1S/C33H26N.C5H8O2.Ir/c1-22(2)18-23-19-26(24-8-4-3-5-9-24)21-27(20-23)33-32-15-14-29-28-11-7-6-10-25(28)12-13-30(29)31(32)16-17-34-33;1-4(6)3-5(2)7;/h3-17,19,21-22H,18H2,1-2H3;3,6H,1-2H3;/q-1;;/b;4-3-;. The van der Waals surface area contributed by atoms with E-state index in [0.717, 1.165) is 17.7 Å². The third kappa shape index (κ3) is 7.02. The Morgan fingerprint density at radius 1 is 0.786 bits per heavy atom. The second kappa shape index (κ2) is 13.7. The van der Waals surface area contributed by atoms with Crippen LogP contribution in [0.2, 0.25) is 0 Å². The molecular formula is C38H34IrNO2-. The van der Waals surface area contributed by atoms with Crippen molar-refractivity contribution in [1.29, 1.82) is 0 Å². The molecule has 0 spiro atoms. The average Bonchev–Trinajstić information content (AvgIpc) is 2.96. The van der Waals surface area contributed by atoms with Gasteiger partial charge in [-0.05, 0) is 75.8 Å². The van der Waals surface area contributed by atoms with E-state index < -0.39 is 0 Å². The van der Waals surface area contributed by atoms with Crippen LogP contribution in [0.15, 0.2) is 115 Å². The van der Waals surface area contributed by atoms with Gasteiger partial charge in [-0.15, -0.1) is 34.9 Å². The normalized spacial score (nSPS) is 11.3. The molecule has 0 fully saturated rings. The average molecular weight is 729 g/mol. The maximum absolute atomic E-state index is 10.0. The zero-order valence-corrected chi connectivity index (χ0v) is 26.7. The van der Waals surface area contributed by atoms with E-state index in [0.29, 0.717) is 5.92 Å². The Hall–Kier alpha value is -4.11. The number of carbonyl (C=O) groups excluding carboxylic acids is 1. The number of rotatable bonds is 5. The van der Waals surface area contributed by atoms with E-state index in [1.807, 2.05) is 6.20 Å². The molecule has 1 aromatic heterocycles. The molecule has 42 heavy (non-hydrogen) atoms. The fraction of sp³-hybridized carbons (Fsp3) is 0.158. The van der Waals surface area contributed by atoms with Gasteiger partial charge in [-0.2, -0.15) is 0 Å². The zero-order chi connectivity index (χ0) is 28.9. The summed E-state index contributed by atoms with van der Waals surface area (Å²) in [6.45, 7) is 7.37. The first-order valence-electron chi connectivity index (χ1n) is 14.0. The van der Waals surface area contributed by atoms with E-state index in [9.17, 15) is 4.79 Å². The first-order valence-corrected chi connectivity index (χ1v) is 14.0. The molecule has 0 bridgehead atoms. The largest absolute Gasteiger partial charge is 0.512 e. The van der Waals surface area contributed by atoms with Gasteiger partial charge in [0.2, 0.25) is 0 Å². The van der Waals surface area contributed by atoms with Gasteiger partial charge in [-0.25, -0.2) is 0 Å². The summed E-state index contributed by atoms with van der Waals surface area (Å²) in [6.07, 6.45) is 4.10. The van der Waals surface area contributed by atoms with Crippen molar-refractivity contribution >= 4 is 38.1 Å². The SMILES string of the molecule is CC(=O)/C=C(/C)O.CC(C)Cc1[c-]c(-c2nccc3c2ccc2c4ccccc4ccc32)cc(-c2ccccc2)c1.[Ir]. The van der Waals surface area contributed by atoms with Gasteiger partial charge in [0.1, 0.15) is 0 Å². The molecule has 1 heterocycles. The van der Waals surface area contributed by atoms with Crippen LogP contribution >= 0.6 is 0 Å². The molecule has 1 N–H and O–H groups in total. The maximum atomic E-state index is 10.0. The van der Waals surface area contributed by atoms with E-state index in [2.05, 4.69) is 117 Å². The van der Waals surface area contributed by atoms with Gasteiger partial charge in [0.05, 0.1) is 5.76 Å². The van der Waals surface area contributed by atoms with Gasteiger partial charge >= 0.3 is 0 Å². The van der Waals surface area contributed by atoms with E-state index in [-0.39, 0.29) is 31.6 Å². The Bertz CT molecular complexity index is 1890. The number of benzene rings is 5. The summed E-state index contributed by atoms with van der Waals surface area (Å²) >= 11 is 0. The maximum Gasteiger partial charge on any atom is 0.155 e. The van der Waals surface area contributed by atoms with Crippen molar-refractivity contribution in [1.82, 2.24) is 4.98 Å². The number of hydrogen-bond acceptors (Lipinski definition) is 3. The van der Waals surface area contributed by atoms with Crippen molar-refractivity contribution in [2.24, 2.45) is 5.92 Å². The zero-order valence-electron chi connectivity index (χ0n) is 24.3. The van der Waals surface area contributed by atoms with E-state index in [1.54, 1.807) is 0 Å². The van der Waals surface area contributed by atoms with Gasteiger partial charge < -0.3 is 10.1 Å². The summed E-state index contributed by atoms with van der Waals surface area (Å²) < 4.78 is 0. The monoisotopic (exact) mass is 729 g/mol. The topological polar surface area (TPSA) is 50.2 Å². The fourth-order valence-corrected chi connectivity index (χ4v) is 5.37. The molecule has 213 valence electrons. The molecule has 3 nitrogen and oxygen atoms in total. The quantitative estimate of drug-likeness (QED) is 0.0833. The molecule has 0 saturated carbocycles. The number of fused-ring (bicyclic) bond motifs is 5. The molecule has 0 aliphatic carbocycles. The summed E-state index contributed by atoms with van der Waals surface area (Å²) in [7, 11) is 0. The van der Waals surface area contributed by atoms with Crippen molar-refractivity contribution in [2.75, 3.05) is 0 Å². The van der Waals surface area contributed by atoms with Crippen molar-refractivity contribution in [3.63, 3.8) is 0 Å². The first-order chi connectivity index (χ1) is 19.8. The molecule has 1 radical (unpaired) electrons. The third-order valence-electron chi connectivity index (χ3n) is 7.00. The Labute approximate surface area is 261 Å². The molecule has 5 aromatic carbocycles. The Morgan fingerprint density at radius 2 is 1.43 bits per heavy atom. The Balaban J connectivity index is 0.000000454. The molecule has 0 amide bonds. The number of ketones is 1. The summed E-state index contributed by atoms with van der Waals surface area (Å²) in [5.74, 6) is 0.500. The Morgan fingerprint density at radius 3 is 2.12 bits per heavy atom. The summed E-state index contributed by atoms with van der Waals surface area (Å²) in [5.41, 5.74) is 5.73. The summed E-state index contributed by atoms with van der Waals surface area (Å²) in [4.78, 5) is 14.9. The minimum Gasteiger partial charge on any atom is -0.512 e. The number of nitrogens with zero attached hydrogens (tertiary/aromatic N) is 1. The molecule has 4 heteroatoms. The van der Waals surface area contributed by atoms with Crippen LogP contribution in [0.1, 0.15) is 33.3 Å². The van der Waals surface area contributed by atoms with Crippen LogP contribution in [0.3, 0.4) is 0 Å². The summed E-state index contributed by atoms with van der Waals surface area (Å²) in [6, 6.07) is 38.5. The molecule has 0 saturated heterocycles. The number of allylic oxidation sites excluding steroid dienone is 2. The molecule has 6 rings (SSSR count). The van der Waals surface area contributed by atoms with Crippen molar-refractivity contribution in [2.45, 2.75) is 34.1 Å². The number of pyridine rings is 1. The van der Waals surface area contributed by atoms with E-state index in [1.165, 1.54) is 68.9 Å². The number of aromatic nitrogens is 1. The minimum atomic E-state index is -0.125. The second-order valence-corrected chi connectivity index (χ2v) is 10.9. The van der Waals surface area contributed by atoms with Crippen LogP contribution < -0.4 is 0 Å². The minimum absolute atomic E-state index is 0. The van der Waals surface area contributed by atoms with Crippen LogP contribution in [0, 0.1) is 12.0 Å². The first kappa shape index (κ1) is 30.8. The molecule has 6 aromatic rings. The van der Waals surface area contributed by atoms with Gasteiger partial charge in [0, 0.05) is 32.4 Å². The van der Waals surface area contributed by atoms with Crippen LogP contribution in [0.4, 0.5) is 0 Å². The van der Waals surface area contributed by atoms with Crippen molar-refractivity contribution < 1.29 is 30.0 Å². The number of hydrogen-bond donors (Lipinski definition) is 1. The number of aliphatic hydroxyl groups excluding tert-OH is 1. The molecular weight excluding hydrogens is 695 g/mol. The second-order valence-electron chi connectivity index (χ2n) is 10.9. The van der Waals surface area contributed by atoms with Crippen LogP contribution in [-0.2, 0) is 31.3 Å².